The summed E-state index contributed by atoms with van der Waals surface area (Å²) in [5.74, 6) is 0.366. The van der Waals surface area contributed by atoms with E-state index in [0.29, 0.717) is 11.3 Å². The van der Waals surface area contributed by atoms with Gasteiger partial charge < -0.3 is 14.8 Å². The van der Waals surface area contributed by atoms with Gasteiger partial charge in [0.25, 0.3) is 0 Å². The Hall–Kier alpha value is -1.25. The molecule has 0 bridgehead atoms. The Balaban J connectivity index is 2.48. The summed E-state index contributed by atoms with van der Waals surface area (Å²) in [6.45, 7) is 0.792. The van der Waals surface area contributed by atoms with Crippen LogP contribution in [0.2, 0.25) is 0 Å². The Morgan fingerprint density at radius 3 is 2.39 bits per heavy atom. The van der Waals surface area contributed by atoms with Gasteiger partial charge in [-0.3, -0.25) is 4.74 Å². The summed E-state index contributed by atoms with van der Waals surface area (Å²) in [5, 5.41) is 17.8. The van der Waals surface area contributed by atoms with Crippen molar-refractivity contribution in [3.8, 4) is 5.75 Å². The predicted molar refractivity (Wildman–Crippen MR) is 58.5 cm³/mol. The third-order valence-electron chi connectivity index (χ3n) is 2.10. The molecule has 0 fully saturated rings. The van der Waals surface area contributed by atoms with Crippen molar-refractivity contribution in [3.05, 3.63) is 23.8 Å². The van der Waals surface area contributed by atoms with Gasteiger partial charge in [0, 0.05) is 0 Å². The van der Waals surface area contributed by atoms with Crippen LogP contribution in [0.4, 0.5) is 13.2 Å². The zero-order valence-electron chi connectivity index (χ0n) is 9.57. The van der Waals surface area contributed by atoms with Crippen molar-refractivity contribution in [2.75, 3.05) is 13.2 Å². The van der Waals surface area contributed by atoms with Crippen LogP contribution in [0.5, 0.6) is 5.75 Å². The summed E-state index contributed by atoms with van der Waals surface area (Å²) in [6, 6.07) is 4.35. The summed E-state index contributed by atoms with van der Waals surface area (Å²) in [7, 11) is -1.59. The molecule has 2 N–H and O–H groups in total. The Kier molecular flexibility index (Phi) is 5.00. The first-order valence-electron chi connectivity index (χ1n) is 5.10. The summed E-state index contributed by atoms with van der Waals surface area (Å²) in [4.78, 5) is 0. The zero-order chi connectivity index (χ0) is 13.8. The molecule has 1 rings (SSSR count). The number of aryl methyl sites for hydroxylation is 1. The van der Waals surface area contributed by atoms with Crippen LogP contribution >= 0.6 is 0 Å². The molecule has 0 aromatic heterocycles. The number of alkyl halides is 3. The van der Waals surface area contributed by atoms with Crippen LogP contribution in [0.15, 0.2) is 18.2 Å². The van der Waals surface area contributed by atoms with Gasteiger partial charge in [0.1, 0.15) is 12.4 Å². The van der Waals surface area contributed by atoms with Gasteiger partial charge in [-0.2, -0.15) is 0 Å². The van der Waals surface area contributed by atoms with E-state index in [2.05, 4.69) is 4.74 Å². The summed E-state index contributed by atoms with van der Waals surface area (Å²) in [5.41, 5.74) is 0.874. The van der Waals surface area contributed by atoms with Gasteiger partial charge in [0.2, 0.25) is 0 Å². The minimum atomic E-state index is -4.66. The fraction of sp³-hybridized carbons (Fsp3) is 0.400. The standard InChI is InChI=1S/C10H12BF3O4/c1-7-6-8(11(15)16)2-3-9(7)17-4-5-18-10(12,13)14/h2-3,6,15-16H,4-5H2,1H3. The lowest BCUT2D eigenvalue weighted by Gasteiger charge is -2.11. The quantitative estimate of drug-likeness (QED) is 0.603. The number of ether oxygens (including phenoxy) is 2. The second-order valence-electron chi connectivity index (χ2n) is 3.54. The summed E-state index contributed by atoms with van der Waals surface area (Å²) >= 11 is 0. The largest absolute Gasteiger partial charge is 0.522 e. The molecule has 0 spiro atoms. The molecule has 18 heavy (non-hydrogen) atoms. The molecule has 4 nitrogen and oxygen atoms in total. The monoisotopic (exact) mass is 264 g/mol. The van der Waals surface area contributed by atoms with Crippen molar-refractivity contribution in [1.82, 2.24) is 0 Å². The molecule has 0 aliphatic rings. The molecule has 0 saturated carbocycles. The Labute approximate surface area is 102 Å². The van der Waals surface area contributed by atoms with E-state index in [1.807, 2.05) is 0 Å². The van der Waals surface area contributed by atoms with Crippen molar-refractivity contribution >= 4 is 12.6 Å². The van der Waals surface area contributed by atoms with Gasteiger partial charge in [-0.25, -0.2) is 0 Å². The maximum atomic E-state index is 11.7. The Morgan fingerprint density at radius 2 is 1.89 bits per heavy atom. The Morgan fingerprint density at radius 1 is 1.22 bits per heavy atom. The van der Waals surface area contributed by atoms with Crippen molar-refractivity contribution in [3.63, 3.8) is 0 Å². The van der Waals surface area contributed by atoms with Crippen molar-refractivity contribution in [1.29, 1.82) is 0 Å². The summed E-state index contributed by atoms with van der Waals surface area (Å²) in [6.07, 6.45) is -4.66. The first-order valence-corrected chi connectivity index (χ1v) is 5.10. The van der Waals surface area contributed by atoms with Gasteiger partial charge in [0.05, 0.1) is 6.61 Å². The number of hydrogen-bond donors (Lipinski definition) is 2. The molecule has 1 aromatic rings. The third kappa shape index (κ3) is 4.95. The molecule has 0 unspecified atom stereocenters. The van der Waals surface area contributed by atoms with Crippen LogP contribution in [0.3, 0.4) is 0 Å². The van der Waals surface area contributed by atoms with Crippen LogP contribution in [-0.4, -0.2) is 36.7 Å². The highest BCUT2D eigenvalue weighted by molar-refractivity contribution is 6.58. The average Bonchev–Trinajstić information content (AvgIpc) is 2.24. The SMILES string of the molecule is Cc1cc(B(O)O)ccc1OCCOC(F)(F)F. The van der Waals surface area contributed by atoms with Gasteiger partial charge in [-0.15, -0.1) is 13.2 Å². The lowest BCUT2D eigenvalue weighted by Crippen LogP contribution is -2.29. The molecule has 0 amide bonds. The smallest absolute Gasteiger partial charge is 0.491 e. The molecule has 0 atom stereocenters. The maximum absolute atomic E-state index is 11.7. The highest BCUT2D eigenvalue weighted by atomic mass is 19.4. The van der Waals surface area contributed by atoms with Gasteiger partial charge >= 0.3 is 13.5 Å². The normalized spacial score (nSPS) is 11.4. The summed E-state index contributed by atoms with van der Waals surface area (Å²) < 4.78 is 43.6. The fourth-order valence-electron chi connectivity index (χ4n) is 1.30. The molecule has 0 aliphatic carbocycles. The number of rotatable bonds is 5. The molecule has 0 heterocycles. The minimum Gasteiger partial charge on any atom is -0.491 e. The highest BCUT2D eigenvalue weighted by Gasteiger charge is 2.28. The molecule has 0 saturated heterocycles. The van der Waals surface area contributed by atoms with Crippen LogP contribution in [-0.2, 0) is 4.74 Å². The van der Waals surface area contributed by atoms with Crippen LogP contribution in [0.1, 0.15) is 5.56 Å². The van der Waals surface area contributed by atoms with Crippen molar-refractivity contribution in [2.45, 2.75) is 13.3 Å². The van der Waals surface area contributed by atoms with Crippen LogP contribution < -0.4 is 10.2 Å². The van der Waals surface area contributed by atoms with Crippen LogP contribution in [0.25, 0.3) is 0 Å². The molecule has 1 aromatic carbocycles. The first-order chi connectivity index (χ1) is 8.29. The Bertz CT molecular complexity index is 395. The predicted octanol–water partition coefficient (Wildman–Crippen LogP) is 0.590. The highest BCUT2D eigenvalue weighted by Crippen LogP contribution is 2.17. The van der Waals surface area contributed by atoms with E-state index in [4.69, 9.17) is 14.8 Å². The van der Waals surface area contributed by atoms with E-state index in [1.54, 1.807) is 6.92 Å². The van der Waals surface area contributed by atoms with Gasteiger partial charge in [-0.1, -0.05) is 12.1 Å². The average molecular weight is 264 g/mol. The lowest BCUT2D eigenvalue weighted by atomic mass is 9.79. The topological polar surface area (TPSA) is 58.9 Å². The molecular formula is C10H12BF3O4. The zero-order valence-corrected chi connectivity index (χ0v) is 9.57. The maximum Gasteiger partial charge on any atom is 0.522 e. The first kappa shape index (κ1) is 14.8. The van der Waals surface area contributed by atoms with Gasteiger partial charge in [-0.05, 0) is 24.0 Å². The van der Waals surface area contributed by atoms with E-state index in [0.717, 1.165) is 0 Å². The van der Waals surface area contributed by atoms with E-state index in [-0.39, 0.29) is 12.1 Å². The molecule has 8 heteroatoms. The molecule has 0 radical (unpaired) electrons. The lowest BCUT2D eigenvalue weighted by molar-refractivity contribution is -0.325. The second-order valence-corrected chi connectivity index (χ2v) is 3.54. The van der Waals surface area contributed by atoms with Gasteiger partial charge in [0.15, 0.2) is 0 Å². The second kappa shape index (κ2) is 6.08. The van der Waals surface area contributed by atoms with E-state index >= 15 is 0 Å². The molecule has 100 valence electrons. The fourth-order valence-corrected chi connectivity index (χ4v) is 1.30. The van der Waals surface area contributed by atoms with E-state index < -0.39 is 20.1 Å². The van der Waals surface area contributed by atoms with Crippen molar-refractivity contribution in [2.24, 2.45) is 0 Å². The van der Waals surface area contributed by atoms with Crippen LogP contribution in [0, 0.1) is 6.92 Å². The number of hydrogen-bond acceptors (Lipinski definition) is 4. The molecular weight excluding hydrogens is 252 g/mol. The minimum absolute atomic E-state index is 0.249. The van der Waals surface area contributed by atoms with Crippen molar-refractivity contribution < 1.29 is 32.7 Å². The van der Waals surface area contributed by atoms with E-state index in [1.165, 1.54) is 18.2 Å². The third-order valence-corrected chi connectivity index (χ3v) is 2.10. The van der Waals surface area contributed by atoms with E-state index in [9.17, 15) is 13.2 Å². The number of halogens is 3. The number of benzene rings is 1. The molecule has 0 aliphatic heterocycles.